The Labute approximate surface area is 160 Å². The van der Waals surface area contributed by atoms with Gasteiger partial charge in [0.05, 0.1) is 36.9 Å². The van der Waals surface area contributed by atoms with Gasteiger partial charge in [0.15, 0.2) is 5.79 Å². The number of Topliss-reactive ketones (excluding diaryl/α,β-unsaturated/α-hetero) is 1. The van der Waals surface area contributed by atoms with Gasteiger partial charge in [0.1, 0.15) is 5.78 Å². The van der Waals surface area contributed by atoms with E-state index < -0.39 is 29.5 Å². The molecule has 1 saturated heterocycles. The van der Waals surface area contributed by atoms with E-state index in [2.05, 4.69) is 6.92 Å². The largest absolute Gasteiger partial charge is 0.393 e. The molecule has 152 valence electrons. The number of carbonyl (C=O) groups excluding carboxylic acids is 1. The predicted molar refractivity (Wildman–Crippen MR) is 95.5 cm³/mol. The number of rotatable bonds is 0. The fourth-order valence-electron chi connectivity index (χ4n) is 7.72. The first-order chi connectivity index (χ1) is 12.7. The van der Waals surface area contributed by atoms with Crippen LogP contribution in [-0.4, -0.2) is 58.4 Å². The Bertz CT molecular complexity index is 645. The van der Waals surface area contributed by atoms with Crippen LogP contribution in [-0.2, 0) is 14.3 Å². The number of fused-ring (bicyclic) bond motifs is 5. The van der Waals surface area contributed by atoms with E-state index in [0.717, 1.165) is 19.3 Å². The highest BCUT2D eigenvalue weighted by molar-refractivity contribution is 5.88. The maximum atomic E-state index is 12.6. The molecule has 3 N–H and O–H groups in total. The van der Waals surface area contributed by atoms with Gasteiger partial charge in [-0.05, 0) is 49.4 Å². The van der Waals surface area contributed by atoms with Crippen molar-refractivity contribution in [3.8, 4) is 0 Å². The van der Waals surface area contributed by atoms with Gasteiger partial charge in [-0.15, -0.1) is 0 Å². The summed E-state index contributed by atoms with van der Waals surface area (Å²) in [5, 5.41) is 32.9. The van der Waals surface area contributed by atoms with E-state index in [-0.39, 0.29) is 41.3 Å². The van der Waals surface area contributed by atoms with E-state index in [1.54, 1.807) is 6.92 Å². The third-order valence-electron chi connectivity index (χ3n) is 9.32. The molecule has 6 nitrogen and oxygen atoms in total. The van der Waals surface area contributed by atoms with Crippen molar-refractivity contribution in [2.75, 3.05) is 13.2 Å². The molecule has 9 atom stereocenters. The number of aliphatic hydroxyl groups is 3. The van der Waals surface area contributed by atoms with Crippen LogP contribution in [0.3, 0.4) is 0 Å². The molecule has 0 radical (unpaired) electrons. The second kappa shape index (κ2) is 5.76. The Kier molecular flexibility index (Phi) is 3.94. The summed E-state index contributed by atoms with van der Waals surface area (Å²) in [5.74, 6) is -0.700. The minimum atomic E-state index is -0.932. The normalized spacial score (nSPS) is 56.6. The van der Waals surface area contributed by atoms with Crippen LogP contribution in [0.5, 0.6) is 0 Å². The number of ether oxygens (including phenoxy) is 2. The number of carbonyl (C=O) groups is 1. The number of aliphatic hydroxyl groups excluding tert-OH is 3. The fourth-order valence-corrected chi connectivity index (χ4v) is 7.72. The molecule has 0 amide bonds. The van der Waals surface area contributed by atoms with Crippen molar-refractivity contribution in [2.45, 2.75) is 76.5 Å². The molecular formula is C21H32O6. The highest BCUT2D eigenvalue weighted by atomic mass is 16.7. The van der Waals surface area contributed by atoms with Crippen LogP contribution in [0.2, 0.25) is 0 Å². The molecule has 5 rings (SSSR count). The van der Waals surface area contributed by atoms with Crippen molar-refractivity contribution < 1.29 is 29.6 Å². The second-order valence-corrected chi connectivity index (χ2v) is 10.3. The van der Waals surface area contributed by atoms with Crippen molar-refractivity contribution >= 4 is 5.78 Å². The Balaban J connectivity index is 1.51. The molecule has 0 aromatic heterocycles. The molecule has 0 bridgehead atoms. The van der Waals surface area contributed by atoms with Crippen molar-refractivity contribution in [2.24, 2.45) is 34.5 Å². The zero-order valence-electron chi connectivity index (χ0n) is 16.3. The van der Waals surface area contributed by atoms with E-state index >= 15 is 0 Å². The highest BCUT2D eigenvalue weighted by Crippen LogP contribution is 2.66. The molecule has 0 aromatic rings. The maximum absolute atomic E-state index is 12.6. The van der Waals surface area contributed by atoms with Crippen molar-refractivity contribution in [3.05, 3.63) is 0 Å². The van der Waals surface area contributed by atoms with Gasteiger partial charge in [-0.2, -0.15) is 0 Å². The lowest BCUT2D eigenvalue weighted by Gasteiger charge is -2.63. The fraction of sp³-hybridized carbons (Fsp3) is 0.952. The van der Waals surface area contributed by atoms with Gasteiger partial charge in [0.25, 0.3) is 0 Å². The van der Waals surface area contributed by atoms with Gasteiger partial charge < -0.3 is 24.8 Å². The highest BCUT2D eigenvalue weighted by Gasteiger charge is 2.68. The quantitative estimate of drug-likeness (QED) is 0.585. The summed E-state index contributed by atoms with van der Waals surface area (Å²) in [5.41, 5.74) is -0.976. The molecule has 6 heteroatoms. The lowest BCUT2D eigenvalue weighted by Crippen LogP contribution is -2.64. The van der Waals surface area contributed by atoms with Gasteiger partial charge in [-0.1, -0.05) is 6.92 Å². The van der Waals surface area contributed by atoms with E-state index in [1.165, 1.54) is 0 Å². The maximum Gasteiger partial charge on any atom is 0.168 e. The average Bonchev–Trinajstić information content (AvgIpc) is 3.15. The van der Waals surface area contributed by atoms with Crippen LogP contribution < -0.4 is 0 Å². The third-order valence-corrected chi connectivity index (χ3v) is 9.32. The van der Waals surface area contributed by atoms with E-state index in [4.69, 9.17) is 9.47 Å². The van der Waals surface area contributed by atoms with Gasteiger partial charge in [0, 0.05) is 25.2 Å². The number of hydrogen-bond donors (Lipinski definition) is 3. The van der Waals surface area contributed by atoms with Gasteiger partial charge in [-0.25, -0.2) is 0 Å². The third kappa shape index (κ3) is 2.28. The molecule has 1 heterocycles. The number of ketones is 1. The Morgan fingerprint density at radius 2 is 1.70 bits per heavy atom. The SMILES string of the molecule is CC12CCC3(CC1CC(O)C1C2CC(O)C2(C)C(=O)CC(O)C12)OCCO3. The lowest BCUT2D eigenvalue weighted by molar-refractivity contribution is -0.252. The average molecular weight is 380 g/mol. The summed E-state index contributed by atoms with van der Waals surface area (Å²) in [4.78, 5) is 12.6. The molecule has 0 aromatic carbocycles. The summed E-state index contributed by atoms with van der Waals surface area (Å²) in [6.07, 6.45) is 1.71. The van der Waals surface area contributed by atoms with E-state index in [1.807, 2.05) is 0 Å². The van der Waals surface area contributed by atoms with Crippen LogP contribution >= 0.6 is 0 Å². The van der Waals surface area contributed by atoms with Crippen molar-refractivity contribution in [1.29, 1.82) is 0 Å². The summed E-state index contributed by atoms with van der Waals surface area (Å²) < 4.78 is 11.9. The van der Waals surface area contributed by atoms with Crippen LogP contribution in [0, 0.1) is 34.5 Å². The Hall–Kier alpha value is -0.530. The van der Waals surface area contributed by atoms with Crippen molar-refractivity contribution in [3.63, 3.8) is 0 Å². The smallest absolute Gasteiger partial charge is 0.168 e. The lowest BCUT2D eigenvalue weighted by atomic mass is 9.43. The monoisotopic (exact) mass is 380 g/mol. The first kappa shape index (κ1) is 18.5. The van der Waals surface area contributed by atoms with E-state index in [9.17, 15) is 20.1 Å². The molecule has 5 fully saturated rings. The summed E-state index contributed by atoms with van der Waals surface area (Å²) in [6.45, 7) is 5.34. The second-order valence-electron chi connectivity index (χ2n) is 10.3. The molecule has 4 aliphatic carbocycles. The molecule has 4 saturated carbocycles. The number of hydrogen-bond acceptors (Lipinski definition) is 6. The van der Waals surface area contributed by atoms with Gasteiger partial charge in [0.2, 0.25) is 0 Å². The Morgan fingerprint density at radius 3 is 2.41 bits per heavy atom. The first-order valence-corrected chi connectivity index (χ1v) is 10.6. The van der Waals surface area contributed by atoms with Crippen LogP contribution in [0.25, 0.3) is 0 Å². The summed E-state index contributed by atoms with van der Waals surface area (Å²) >= 11 is 0. The molecule has 9 unspecified atom stereocenters. The minimum absolute atomic E-state index is 0.0435. The molecule has 5 aliphatic rings. The van der Waals surface area contributed by atoms with Crippen LogP contribution in [0.15, 0.2) is 0 Å². The standard InChI is InChI=1S/C21H32O6/c1-19-3-4-21(26-5-6-27-21)10-11(19)7-13(22)17-12(19)8-15(24)20(2)16(25)9-14(23)18(17)20/h11-15,17-18,22-24H,3-10H2,1-2H3. The van der Waals surface area contributed by atoms with Gasteiger partial charge in [-0.3, -0.25) is 4.79 Å². The first-order valence-electron chi connectivity index (χ1n) is 10.6. The Morgan fingerprint density at radius 1 is 1.00 bits per heavy atom. The summed E-state index contributed by atoms with van der Waals surface area (Å²) in [7, 11) is 0. The topological polar surface area (TPSA) is 96.2 Å². The molecule has 1 aliphatic heterocycles. The zero-order chi connectivity index (χ0) is 19.2. The zero-order valence-corrected chi connectivity index (χ0v) is 16.3. The molecule has 27 heavy (non-hydrogen) atoms. The predicted octanol–water partition coefficient (Wildman–Crippen LogP) is 1.25. The van der Waals surface area contributed by atoms with Crippen LogP contribution in [0.4, 0.5) is 0 Å². The van der Waals surface area contributed by atoms with E-state index in [0.29, 0.717) is 26.1 Å². The summed E-state index contributed by atoms with van der Waals surface area (Å²) in [6, 6.07) is 0. The van der Waals surface area contributed by atoms with Crippen LogP contribution in [0.1, 0.15) is 52.4 Å². The van der Waals surface area contributed by atoms with Gasteiger partial charge >= 0.3 is 0 Å². The molecular weight excluding hydrogens is 348 g/mol. The minimum Gasteiger partial charge on any atom is -0.393 e. The molecule has 1 spiro atoms. The van der Waals surface area contributed by atoms with Crippen molar-refractivity contribution in [1.82, 2.24) is 0 Å².